The van der Waals surface area contributed by atoms with E-state index in [0.717, 1.165) is 18.2 Å². The molecule has 20 heavy (non-hydrogen) atoms. The number of benzene rings is 2. The minimum Gasteiger partial charge on any atom is -0.271 e. The van der Waals surface area contributed by atoms with Crippen LogP contribution in [0.25, 0.3) is 0 Å². The smallest absolute Gasteiger partial charge is 0.145 e. The molecule has 0 aliphatic carbocycles. The average molecular weight is 349 g/mol. The monoisotopic (exact) mass is 348 g/mol. The lowest BCUT2D eigenvalue weighted by molar-refractivity contribution is 0.502. The Labute approximate surface area is 120 Å². The van der Waals surface area contributed by atoms with E-state index >= 15 is 0 Å². The fourth-order valence-corrected chi connectivity index (χ4v) is 2.24. The summed E-state index contributed by atoms with van der Waals surface area (Å²) in [5, 5.41) is 0. The van der Waals surface area contributed by atoms with Gasteiger partial charge in [-0.3, -0.25) is 5.84 Å². The second-order valence-corrected chi connectivity index (χ2v) is 4.91. The molecule has 0 bridgehead atoms. The predicted molar refractivity (Wildman–Crippen MR) is 69.6 cm³/mol. The van der Waals surface area contributed by atoms with Gasteiger partial charge in [0.1, 0.15) is 23.3 Å². The van der Waals surface area contributed by atoms with Crippen molar-refractivity contribution in [2.75, 3.05) is 0 Å². The highest BCUT2D eigenvalue weighted by Crippen LogP contribution is 2.30. The summed E-state index contributed by atoms with van der Waals surface area (Å²) < 4.78 is 54.3. The number of hydrogen-bond donors (Lipinski definition) is 2. The summed E-state index contributed by atoms with van der Waals surface area (Å²) in [5.74, 6) is 1.78. The first-order chi connectivity index (χ1) is 9.43. The maximum atomic E-state index is 14.0. The fourth-order valence-electron chi connectivity index (χ4n) is 1.90. The van der Waals surface area contributed by atoms with Crippen molar-refractivity contribution in [2.45, 2.75) is 6.04 Å². The maximum Gasteiger partial charge on any atom is 0.145 e. The summed E-state index contributed by atoms with van der Waals surface area (Å²) in [6, 6.07) is 3.56. The van der Waals surface area contributed by atoms with E-state index < -0.39 is 34.9 Å². The van der Waals surface area contributed by atoms with Gasteiger partial charge in [0.05, 0.1) is 10.5 Å². The van der Waals surface area contributed by atoms with Crippen molar-refractivity contribution < 1.29 is 17.6 Å². The third-order valence-corrected chi connectivity index (χ3v) is 3.37. The van der Waals surface area contributed by atoms with Crippen LogP contribution in [0.15, 0.2) is 34.8 Å². The van der Waals surface area contributed by atoms with Gasteiger partial charge in [-0.2, -0.15) is 0 Å². The Morgan fingerprint density at radius 3 is 2.15 bits per heavy atom. The summed E-state index contributed by atoms with van der Waals surface area (Å²) in [6.07, 6.45) is 0. The van der Waals surface area contributed by atoms with E-state index in [-0.39, 0.29) is 10.0 Å². The Bertz CT molecular complexity index is 628. The van der Waals surface area contributed by atoms with Gasteiger partial charge in [-0.1, -0.05) is 0 Å². The number of nitrogens with two attached hydrogens (primary N) is 1. The van der Waals surface area contributed by atoms with Crippen molar-refractivity contribution >= 4 is 15.9 Å². The normalized spacial score (nSPS) is 12.5. The number of nitrogens with one attached hydrogen (secondary N) is 1. The molecule has 0 spiro atoms. The summed E-state index contributed by atoms with van der Waals surface area (Å²) in [4.78, 5) is 0. The third-order valence-electron chi connectivity index (χ3n) is 2.75. The zero-order chi connectivity index (χ0) is 14.9. The molecule has 0 radical (unpaired) electrons. The van der Waals surface area contributed by atoms with Crippen LogP contribution in [0, 0.1) is 23.3 Å². The largest absolute Gasteiger partial charge is 0.271 e. The zero-order valence-electron chi connectivity index (χ0n) is 9.93. The highest BCUT2D eigenvalue weighted by molar-refractivity contribution is 9.10. The molecule has 0 saturated heterocycles. The van der Waals surface area contributed by atoms with Gasteiger partial charge in [-0.25, -0.2) is 23.0 Å². The van der Waals surface area contributed by atoms with Gasteiger partial charge in [0.25, 0.3) is 0 Å². The third kappa shape index (κ3) is 2.84. The molecule has 0 fully saturated rings. The van der Waals surface area contributed by atoms with E-state index in [1.165, 1.54) is 6.07 Å². The van der Waals surface area contributed by atoms with Crippen LogP contribution in [0.3, 0.4) is 0 Å². The first kappa shape index (κ1) is 15.0. The zero-order valence-corrected chi connectivity index (χ0v) is 11.5. The van der Waals surface area contributed by atoms with E-state index in [1.807, 2.05) is 0 Å². The minimum absolute atomic E-state index is 0.0195. The van der Waals surface area contributed by atoms with Gasteiger partial charge < -0.3 is 0 Å². The maximum absolute atomic E-state index is 14.0. The number of hydrogen-bond acceptors (Lipinski definition) is 2. The standard InChI is InChI=1S/C13H9BrF4N2/c14-9-1-2-10(17)11(12(9)18)13(20-19)6-3-7(15)5-8(16)4-6/h1-5,13,20H,19H2. The second-order valence-electron chi connectivity index (χ2n) is 4.06. The molecular formula is C13H9BrF4N2. The first-order valence-corrected chi connectivity index (χ1v) is 6.29. The lowest BCUT2D eigenvalue weighted by Crippen LogP contribution is -2.30. The quantitative estimate of drug-likeness (QED) is 0.385. The molecular weight excluding hydrogens is 340 g/mol. The van der Waals surface area contributed by atoms with Crippen LogP contribution in [-0.4, -0.2) is 0 Å². The Morgan fingerprint density at radius 2 is 1.60 bits per heavy atom. The molecule has 2 rings (SSSR count). The molecule has 3 N–H and O–H groups in total. The number of rotatable bonds is 3. The van der Waals surface area contributed by atoms with Gasteiger partial charge >= 0.3 is 0 Å². The molecule has 2 aromatic carbocycles. The number of halogens is 5. The van der Waals surface area contributed by atoms with Crippen molar-refractivity contribution in [3.8, 4) is 0 Å². The van der Waals surface area contributed by atoms with Crippen LogP contribution in [0.4, 0.5) is 17.6 Å². The molecule has 7 heteroatoms. The predicted octanol–water partition coefficient (Wildman–Crippen LogP) is 3.56. The molecule has 2 aromatic rings. The molecule has 1 atom stereocenters. The number of hydrazine groups is 1. The van der Waals surface area contributed by atoms with Crippen molar-refractivity contribution in [3.63, 3.8) is 0 Å². The SMILES string of the molecule is NNC(c1cc(F)cc(F)c1)c1c(F)ccc(Br)c1F. The molecule has 106 valence electrons. The van der Waals surface area contributed by atoms with Gasteiger partial charge in [0, 0.05) is 11.6 Å². The molecule has 1 unspecified atom stereocenters. The van der Waals surface area contributed by atoms with Crippen molar-refractivity contribution in [3.05, 3.63) is 69.2 Å². The van der Waals surface area contributed by atoms with Crippen LogP contribution in [0.5, 0.6) is 0 Å². The summed E-state index contributed by atoms with van der Waals surface area (Å²) in [5.41, 5.74) is 1.71. The minimum atomic E-state index is -1.22. The molecule has 0 aromatic heterocycles. The molecule has 2 nitrogen and oxygen atoms in total. The van der Waals surface area contributed by atoms with Gasteiger partial charge in [0.15, 0.2) is 0 Å². The van der Waals surface area contributed by atoms with E-state index in [0.29, 0.717) is 6.07 Å². The Balaban J connectivity index is 2.61. The second kappa shape index (κ2) is 5.90. The fraction of sp³-hybridized carbons (Fsp3) is 0.0769. The summed E-state index contributed by atoms with van der Waals surface area (Å²) in [7, 11) is 0. The van der Waals surface area contributed by atoms with Crippen molar-refractivity contribution in [2.24, 2.45) is 5.84 Å². The van der Waals surface area contributed by atoms with Crippen LogP contribution < -0.4 is 11.3 Å². The topological polar surface area (TPSA) is 38.0 Å². The average Bonchev–Trinajstić information content (AvgIpc) is 2.38. The molecule has 0 saturated carbocycles. The van der Waals surface area contributed by atoms with Crippen molar-refractivity contribution in [1.29, 1.82) is 0 Å². The van der Waals surface area contributed by atoms with E-state index in [4.69, 9.17) is 5.84 Å². The Kier molecular flexibility index (Phi) is 4.42. The molecule has 0 heterocycles. The van der Waals surface area contributed by atoms with Gasteiger partial charge in [-0.15, -0.1) is 0 Å². The van der Waals surface area contributed by atoms with Crippen LogP contribution in [0.1, 0.15) is 17.2 Å². The van der Waals surface area contributed by atoms with E-state index in [2.05, 4.69) is 21.4 Å². The van der Waals surface area contributed by atoms with E-state index in [9.17, 15) is 17.6 Å². The first-order valence-electron chi connectivity index (χ1n) is 5.49. The summed E-state index contributed by atoms with van der Waals surface area (Å²) >= 11 is 2.92. The van der Waals surface area contributed by atoms with Gasteiger partial charge in [0.2, 0.25) is 0 Å². The Hall–Kier alpha value is -1.44. The van der Waals surface area contributed by atoms with Gasteiger partial charge in [-0.05, 0) is 45.8 Å². The van der Waals surface area contributed by atoms with Crippen LogP contribution in [0.2, 0.25) is 0 Å². The van der Waals surface area contributed by atoms with E-state index in [1.54, 1.807) is 0 Å². The van der Waals surface area contributed by atoms with Crippen LogP contribution >= 0.6 is 15.9 Å². The highest BCUT2D eigenvalue weighted by atomic mass is 79.9. The molecule has 0 amide bonds. The lowest BCUT2D eigenvalue weighted by Gasteiger charge is -2.19. The molecule has 0 aliphatic rings. The van der Waals surface area contributed by atoms with Crippen LogP contribution in [-0.2, 0) is 0 Å². The van der Waals surface area contributed by atoms with Crippen molar-refractivity contribution in [1.82, 2.24) is 5.43 Å². The lowest BCUT2D eigenvalue weighted by atomic mass is 9.98. The Morgan fingerprint density at radius 1 is 1.00 bits per heavy atom. The summed E-state index contributed by atoms with van der Waals surface area (Å²) in [6.45, 7) is 0. The molecule has 0 aliphatic heterocycles. The highest BCUT2D eigenvalue weighted by Gasteiger charge is 2.23.